The summed E-state index contributed by atoms with van der Waals surface area (Å²) in [5.74, 6) is -0.215. The highest BCUT2D eigenvalue weighted by Gasteiger charge is 2.23. The first-order chi connectivity index (χ1) is 13.0. The Morgan fingerprint density at radius 3 is 2.85 bits per heavy atom. The summed E-state index contributed by atoms with van der Waals surface area (Å²) in [5.41, 5.74) is 1.85. The molecule has 0 saturated heterocycles. The van der Waals surface area contributed by atoms with Crippen LogP contribution in [-0.2, 0) is 6.54 Å². The van der Waals surface area contributed by atoms with Crippen LogP contribution in [0.1, 0.15) is 21.7 Å². The lowest BCUT2D eigenvalue weighted by atomic mass is 10.2. The number of benzene rings is 2. The number of halogens is 2. The second-order valence-electron chi connectivity index (χ2n) is 6.00. The molecular formula is C20H14ClFN2O2S. The molecule has 0 aliphatic rings. The Labute approximate surface area is 163 Å². The van der Waals surface area contributed by atoms with Gasteiger partial charge in [0.2, 0.25) is 0 Å². The molecule has 0 saturated carbocycles. The van der Waals surface area contributed by atoms with Crippen molar-refractivity contribution in [3.8, 4) is 0 Å². The van der Waals surface area contributed by atoms with Gasteiger partial charge in [-0.2, -0.15) is 0 Å². The predicted octanol–water partition coefficient (Wildman–Crippen LogP) is 5.84. The Balaban J connectivity index is 1.80. The van der Waals surface area contributed by atoms with Gasteiger partial charge in [0.1, 0.15) is 11.6 Å². The van der Waals surface area contributed by atoms with E-state index in [1.165, 1.54) is 34.4 Å². The molecule has 0 spiro atoms. The summed E-state index contributed by atoms with van der Waals surface area (Å²) < 4.78 is 19.9. The smallest absolute Gasteiger partial charge is 0.260 e. The summed E-state index contributed by atoms with van der Waals surface area (Å²) in [6.45, 7) is 2.08. The number of fused-ring (bicyclic) bond motifs is 1. The van der Waals surface area contributed by atoms with Crippen molar-refractivity contribution in [1.82, 2.24) is 4.98 Å². The number of thiazole rings is 1. The Hall–Kier alpha value is -2.70. The number of anilines is 1. The Kier molecular flexibility index (Phi) is 4.68. The lowest BCUT2D eigenvalue weighted by Crippen LogP contribution is -2.30. The summed E-state index contributed by atoms with van der Waals surface area (Å²) in [7, 11) is 0. The fraction of sp³-hybridized carbons (Fsp3) is 0.100. The fourth-order valence-corrected chi connectivity index (χ4v) is 3.94. The van der Waals surface area contributed by atoms with E-state index in [4.69, 9.17) is 16.0 Å². The van der Waals surface area contributed by atoms with E-state index in [1.807, 2.05) is 19.1 Å². The van der Waals surface area contributed by atoms with Crippen LogP contribution >= 0.6 is 22.9 Å². The summed E-state index contributed by atoms with van der Waals surface area (Å²) >= 11 is 7.57. The van der Waals surface area contributed by atoms with Gasteiger partial charge in [0.05, 0.1) is 23.0 Å². The van der Waals surface area contributed by atoms with Crippen LogP contribution in [0.15, 0.2) is 59.2 Å². The van der Waals surface area contributed by atoms with E-state index in [1.54, 1.807) is 24.5 Å². The molecule has 0 unspecified atom stereocenters. The van der Waals surface area contributed by atoms with Crippen LogP contribution in [0.25, 0.3) is 10.2 Å². The lowest BCUT2D eigenvalue weighted by molar-refractivity contribution is 0.0983. The molecule has 0 atom stereocenters. The van der Waals surface area contributed by atoms with Crippen molar-refractivity contribution >= 4 is 44.2 Å². The molecule has 2 aromatic heterocycles. The summed E-state index contributed by atoms with van der Waals surface area (Å²) in [6, 6.07) is 12.8. The third-order valence-electron chi connectivity index (χ3n) is 4.18. The number of aryl methyl sites for hydroxylation is 1. The number of nitrogens with zero attached hydrogens (tertiary/aromatic N) is 2. The number of hydrogen-bond acceptors (Lipinski definition) is 4. The van der Waals surface area contributed by atoms with Gasteiger partial charge in [-0.15, -0.1) is 0 Å². The minimum atomic E-state index is -0.467. The highest BCUT2D eigenvalue weighted by Crippen LogP contribution is 2.34. The van der Waals surface area contributed by atoms with Crippen molar-refractivity contribution in [3.63, 3.8) is 0 Å². The van der Waals surface area contributed by atoms with Gasteiger partial charge in [0.25, 0.3) is 5.91 Å². The molecule has 2 heterocycles. The number of carbonyl (C=O) groups is 1. The van der Waals surface area contributed by atoms with E-state index in [2.05, 4.69) is 4.98 Å². The molecule has 0 bridgehead atoms. The van der Waals surface area contributed by atoms with Crippen LogP contribution in [0.4, 0.5) is 9.52 Å². The minimum absolute atomic E-state index is 0.189. The number of hydrogen-bond donors (Lipinski definition) is 0. The third-order valence-corrected chi connectivity index (χ3v) is 5.63. The van der Waals surface area contributed by atoms with Crippen LogP contribution in [0.5, 0.6) is 0 Å². The monoisotopic (exact) mass is 400 g/mol. The van der Waals surface area contributed by atoms with E-state index in [-0.39, 0.29) is 18.0 Å². The maximum Gasteiger partial charge on any atom is 0.260 e. The van der Waals surface area contributed by atoms with Gasteiger partial charge in [-0.25, -0.2) is 9.37 Å². The first-order valence-electron chi connectivity index (χ1n) is 8.18. The van der Waals surface area contributed by atoms with Crippen molar-refractivity contribution < 1.29 is 13.6 Å². The fourth-order valence-electron chi connectivity index (χ4n) is 2.77. The number of carbonyl (C=O) groups excluding carboxylic acids is 1. The summed E-state index contributed by atoms with van der Waals surface area (Å²) in [5, 5.41) is 1.12. The largest absolute Gasteiger partial charge is 0.467 e. The normalized spacial score (nSPS) is 11.1. The van der Waals surface area contributed by atoms with E-state index in [0.717, 1.165) is 15.8 Å². The van der Waals surface area contributed by atoms with E-state index in [9.17, 15) is 9.18 Å². The van der Waals surface area contributed by atoms with Gasteiger partial charge in [-0.05, 0) is 55.0 Å². The standard InChI is InChI=1S/C20H14ClFN2O2S/c1-12-16(21)7-8-17-18(12)23-20(27-17)24(11-15-6-3-9-26-15)19(25)13-4-2-5-14(22)10-13/h2-10H,11H2,1H3. The van der Waals surface area contributed by atoms with Gasteiger partial charge in [-0.3, -0.25) is 9.69 Å². The van der Waals surface area contributed by atoms with Crippen molar-refractivity contribution in [3.05, 3.63) is 82.5 Å². The molecule has 0 aliphatic heterocycles. The Morgan fingerprint density at radius 2 is 2.11 bits per heavy atom. The maximum absolute atomic E-state index is 13.6. The second kappa shape index (κ2) is 7.13. The van der Waals surface area contributed by atoms with Gasteiger partial charge >= 0.3 is 0 Å². The molecule has 7 heteroatoms. The zero-order valence-corrected chi connectivity index (χ0v) is 15.9. The zero-order valence-electron chi connectivity index (χ0n) is 14.3. The number of rotatable bonds is 4. The van der Waals surface area contributed by atoms with E-state index < -0.39 is 5.82 Å². The molecule has 2 aromatic carbocycles. The van der Waals surface area contributed by atoms with Crippen molar-refractivity contribution in [2.75, 3.05) is 4.90 Å². The van der Waals surface area contributed by atoms with Crippen LogP contribution in [0, 0.1) is 12.7 Å². The van der Waals surface area contributed by atoms with Crippen LogP contribution in [0.2, 0.25) is 5.02 Å². The van der Waals surface area contributed by atoms with Crippen molar-refractivity contribution in [2.45, 2.75) is 13.5 Å². The first-order valence-corrected chi connectivity index (χ1v) is 9.38. The molecule has 4 aromatic rings. The third kappa shape index (κ3) is 3.46. The number of aromatic nitrogens is 1. The average molecular weight is 401 g/mol. The Morgan fingerprint density at radius 1 is 1.26 bits per heavy atom. The molecule has 0 aliphatic carbocycles. The molecule has 0 fully saturated rings. The van der Waals surface area contributed by atoms with Gasteiger partial charge < -0.3 is 4.42 Å². The zero-order chi connectivity index (χ0) is 19.0. The lowest BCUT2D eigenvalue weighted by Gasteiger charge is -2.18. The van der Waals surface area contributed by atoms with Gasteiger partial charge in [-0.1, -0.05) is 29.0 Å². The van der Waals surface area contributed by atoms with Crippen molar-refractivity contribution in [2.24, 2.45) is 0 Å². The van der Waals surface area contributed by atoms with Crippen LogP contribution in [-0.4, -0.2) is 10.9 Å². The molecule has 27 heavy (non-hydrogen) atoms. The van der Waals surface area contributed by atoms with E-state index >= 15 is 0 Å². The highest BCUT2D eigenvalue weighted by atomic mass is 35.5. The van der Waals surface area contributed by atoms with Crippen LogP contribution < -0.4 is 4.90 Å². The molecule has 0 N–H and O–H groups in total. The average Bonchev–Trinajstić information content (AvgIpc) is 3.32. The van der Waals surface area contributed by atoms with Crippen LogP contribution in [0.3, 0.4) is 0 Å². The highest BCUT2D eigenvalue weighted by molar-refractivity contribution is 7.22. The quantitative estimate of drug-likeness (QED) is 0.432. The van der Waals surface area contributed by atoms with E-state index in [0.29, 0.717) is 15.9 Å². The van der Waals surface area contributed by atoms with Crippen molar-refractivity contribution in [1.29, 1.82) is 0 Å². The van der Waals surface area contributed by atoms with Gasteiger partial charge in [0, 0.05) is 10.6 Å². The first kappa shape index (κ1) is 17.7. The molecule has 1 amide bonds. The maximum atomic E-state index is 13.6. The number of amides is 1. The Bertz CT molecular complexity index is 1120. The summed E-state index contributed by atoms with van der Waals surface area (Å²) in [4.78, 5) is 19.2. The molecule has 4 nitrogen and oxygen atoms in total. The SMILES string of the molecule is Cc1c(Cl)ccc2sc(N(Cc3ccco3)C(=O)c3cccc(F)c3)nc12. The minimum Gasteiger partial charge on any atom is -0.467 e. The van der Waals surface area contributed by atoms with Gasteiger partial charge in [0.15, 0.2) is 5.13 Å². The second-order valence-corrected chi connectivity index (χ2v) is 7.41. The number of furan rings is 1. The summed E-state index contributed by atoms with van der Waals surface area (Å²) in [6.07, 6.45) is 1.54. The molecule has 0 radical (unpaired) electrons. The molecule has 4 rings (SSSR count). The molecule has 136 valence electrons. The molecular weight excluding hydrogens is 387 g/mol. The predicted molar refractivity (Wildman–Crippen MR) is 105 cm³/mol. The topological polar surface area (TPSA) is 46.3 Å².